The fraction of sp³-hybridized carbons (Fsp3) is 0.600. The molecular weight excluding hydrogens is 238 g/mol. The summed E-state index contributed by atoms with van der Waals surface area (Å²) in [7, 11) is 1.99. The van der Waals surface area contributed by atoms with Gasteiger partial charge in [0.2, 0.25) is 5.91 Å². The number of hydrogen-bond acceptors (Lipinski definition) is 2. The zero-order chi connectivity index (χ0) is 13.2. The van der Waals surface area contributed by atoms with Crippen LogP contribution in [0.5, 0.6) is 0 Å². The largest absolute Gasteiger partial charge is 0.350 e. The molecule has 1 aromatic rings. The van der Waals surface area contributed by atoms with Crippen LogP contribution in [0.4, 0.5) is 0 Å². The number of carbonyl (C=O) groups is 1. The van der Waals surface area contributed by atoms with Gasteiger partial charge >= 0.3 is 0 Å². The van der Waals surface area contributed by atoms with E-state index in [2.05, 4.69) is 28.6 Å². The lowest BCUT2D eigenvalue weighted by molar-refractivity contribution is -0.125. The highest BCUT2D eigenvalue weighted by Crippen LogP contribution is 2.39. The molecule has 1 atom stereocenters. The standard InChI is InChI=1S/C15H21N3O/c1-18-14(11-7-8-11)9-13(17-18)10-16-15(19)12-5-3-2-4-6-12/h2-3,9,11-12H,4-8,10H2,1H3,(H,16,19). The molecule has 1 unspecified atom stereocenters. The Labute approximate surface area is 113 Å². The third-order valence-electron chi connectivity index (χ3n) is 4.05. The zero-order valence-corrected chi connectivity index (χ0v) is 11.4. The number of amides is 1. The Kier molecular flexibility index (Phi) is 3.40. The number of aryl methyl sites for hydroxylation is 1. The molecule has 0 spiro atoms. The van der Waals surface area contributed by atoms with Crippen LogP contribution in [0.2, 0.25) is 0 Å². The summed E-state index contributed by atoms with van der Waals surface area (Å²) < 4.78 is 1.96. The highest BCUT2D eigenvalue weighted by atomic mass is 16.1. The minimum atomic E-state index is 0.150. The molecule has 1 saturated carbocycles. The van der Waals surface area contributed by atoms with E-state index in [1.165, 1.54) is 18.5 Å². The van der Waals surface area contributed by atoms with Crippen LogP contribution in [0.3, 0.4) is 0 Å². The lowest BCUT2D eigenvalue weighted by Gasteiger charge is -2.16. The van der Waals surface area contributed by atoms with Crippen molar-refractivity contribution in [3.63, 3.8) is 0 Å². The van der Waals surface area contributed by atoms with Gasteiger partial charge in [-0.2, -0.15) is 5.10 Å². The first kappa shape index (κ1) is 12.5. The van der Waals surface area contributed by atoms with Gasteiger partial charge in [-0.25, -0.2) is 0 Å². The molecular formula is C15H21N3O. The fourth-order valence-corrected chi connectivity index (χ4v) is 2.74. The number of allylic oxidation sites excluding steroid dienone is 2. The van der Waals surface area contributed by atoms with Crippen molar-refractivity contribution >= 4 is 5.91 Å². The number of hydrogen-bond donors (Lipinski definition) is 1. The molecule has 19 heavy (non-hydrogen) atoms. The third kappa shape index (κ3) is 2.88. The lowest BCUT2D eigenvalue weighted by Crippen LogP contribution is -2.30. The van der Waals surface area contributed by atoms with Crippen LogP contribution in [0, 0.1) is 5.92 Å². The molecule has 0 radical (unpaired) electrons. The van der Waals surface area contributed by atoms with Crippen molar-refractivity contribution in [2.75, 3.05) is 0 Å². The molecule has 2 aliphatic rings. The van der Waals surface area contributed by atoms with Crippen LogP contribution in [0.25, 0.3) is 0 Å². The van der Waals surface area contributed by atoms with Gasteiger partial charge < -0.3 is 5.32 Å². The van der Waals surface area contributed by atoms with Gasteiger partial charge in [0.05, 0.1) is 12.2 Å². The average molecular weight is 259 g/mol. The van der Waals surface area contributed by atoms with E-state index >= 15 is 0 Å². The molecule has 4 heteroatoms. The molecule has 1 fully saturated rings. The Hall–Kier alpha value is -1.58. The Morgan fingerprint density at radius 1 is 1.42 bits per heavy atom. The number of rotatable bonds is 4. The number of carbonyl (C=O) groups excluding carboxylic acids is 1. The first-order valence-corrected chi connectivity index (χ1v) is 7.19. The van der Waals surface area contributed by atoms with Crippen molar-refractivity contribution in [2.24, 2.45) is 13.0 Å². The first-order valence-electron chi connectivity index (χ1n) is 7.19. The van der Waals surface area contributed by atoms with Gasteiger partial charge in [-0.1, -0.05) is 12.2 Å². The average Bonchev–Trinajstić information content (AvgIpc) is 3.21. The molecule has 0 aliphatic heterocycles. The van der Waals surface area contributed by atoms with E-state index in [0.717, 1.165) is 25.0 Å². The second kappa shape index (κ2) is 5.19. The molecule has 0 aromatic carbocycles. The molecule has 1 amide bonds. The zero-order valence-electron chi connectivity index (χ0n) is 11.4. The summed E-state index contributed by atoms with van der Waals surface area (Å²) in [6.45, 7) is 0.555. The minimum absolute atomic E-state index is 0.150. The van der Waals surface area contributed by atoms with Crippen LogP contribution in [-0.2, 0) is 18.4 Å². The van der Waals surface area contributed by atoms with Crippen molar-refractivity contribution in [2.45, 2.75) is 44.6 Å². The maximum atomic E-state index is 12.0. The summed E-state index contributed by atoms with van der Waals surface area (Å²) in [4.78, 5) is 12.0. The van der Waals surface area contributed by atoms with Crippen molar-refractivity contribution in [1.82, 2.24) is 15.1 Å². The van der Waals surface area contributed by atoms with Crippen LogP contribution in [0.1, 0.15) is 49.4 Å². The monoisotopic (exact) mass is 259 g/mol. The van der Waals surface area contributed by atoms with Gasteiger partial charge in [0.25, 0.3) is 0 Å². The topological polar surface area (TPSA) is 46.9 Å². The normalized spacial score (nSPS) is 22.5. The van der Waals surface area contributed by atoms with Gasteiger partial charge in [-0.3, -0.25) is 9.48 Å². The predicted molar refractivity (Wildman–Crippen MR) is 73.5 cm³/mol. The summed E-state index contributed by atoms with van der Waals surface area (Å²) in [6.07, 6.45) is 9.69. The van der Waals surface area contributed by atoms with E-state index in [4.69, 9.17) is 0 Å². The molecule has 0 saturated heterocycles. The lowest BCUT2D eigenvalue weighted by atomic mass is 9.94. The second-order valence-corrected chi connectivity index (χ2v) is 5.66. The van der Waals surface area contributed by atoms with Gasteiger partial charge in [-0.05, 0) is 38.2 Å². The molecule has 102 valence electrons. The van der Waals surface area contributed by atoms with Crippen molar-refractivity contribution in [3.8, 4) is 0 Å². The quantitative estimate of drug-likeness (QED) is 0.843. The Bertz CT molecular complexity index is 499. The van der Waals surface area contributed by atoms with Crippen LogP contribution in [-0.4, -0.2) is 15.7 Å². The summed E-state index contributed by atoms with van der Waals surface area (Å²) >= 11 is 0. The first-order chi connectivity index (χ1) is 9.24. The van der Waals surface area contributed by atoms with Crippen LogP contribution >= 0.6 is 0 Å². The number of nitrogens with one attached hydrogen (secondary N) is 1. The summed E-state index contributed by atoms with van der Waals surface area (Å²) in [5.74, 6) is 1.02. The molecule has 0 bridgehead atoms. The van der Waals surface area contributed by atoms with Gasteiger partial charge in [0.15, 0.2) is 0 Å². The Morgan fingerprint density at radius 3 is 2.95 bits per heavy atom. The van der Waals surface area contributed by atoms with Crippen molar-refractivity contribution < 1.29 is 4.79 Å². The van der Waals surface area contributed by atoms with E-state index in [1.54, 1.807) is 0 Å². The SMILES string of the molecule is Cn1nc(CNC(=O)C2CC=CCC2)cc1C1CC1. The van der Waals surface area contributed by atoms with E-state index < -0.39 is 0 Å². The Balaban J connectivity index is 1.55. The molecule has 1 N–H and O–H groups in total. The highest BCUT2D eigenvalue weighted by molar-refractivity contribution is 5.78. The van der Waals surface area contributed by atoms with Crippen LogP contribution < -0.4 is 5.32 Å². The van der Waals surface area contributed by atoms with Gasteiger partial charge in [0.1, 0.15) is 0 Å². The number of nitrogens with zero attached hydrogens (tertiary/aromatic N) is 2. The summed E-state index contributed by atoms with van der Waals surface area (Å²) in [5, 5.41) is 7.50. The molecule has 1 heterocycles. The smallest absolute Gasteiger partial charge is 0.223 e. The molecule has 3 rings (SSSR count). The molecule has 2 aliphatic carbocycles. The minimum Gasteiger partial charge on any atom is -0.350 e. The van der Waals surface area contributed by atoms with Crippen molar-refractivity contribution in [1.29, 1.82) is 0 Å². The van der Waals surface area contributed by atoms with E-state index in [9.17, 15) is 4.79 Å². The summed E-state index contributed by atoms with van der Waals surface area (Å²) in [6, 6.07) is 2.14. The maximum Gasteiger partial charge on any atom is 0.223 e. The summed E-state index contributed by atoms with van der Waals surface area (Å²) in [5.41, 5.74) is 2.29. The van der Waals surface area contributed by atoms with Gasteiger partial charge in [-0.15, -0.1) is 0 Å². The fourth-order valence-electron chi connectivity index (χ4n) is 2.74. The second-order valence-electron chi connectivity index (χ2n) is 5.66. The highest BCUT2D eigenvalue weighted by Gasteiger charge is 2.27. The number of aromatic nitrogens is 2. The Morgan fingerprint density at radius 2 is 2.26 bits per heavy atom. The molecule has 4 nitrogen and oxygen atoms in total. The van der Waals surface area contributed by atoms with E-state index in [1.807, 2.05) is 11.7 Å². The third-order valence-corrected chi connectivity index (χ3v) is 4.05. The van der Waals surface area contributed by atoms with E-state index in [0.29, 0.717) is 12.5 Å². The van der Waals surface area contributed by atoms with E-state index in [-0.39, 0.29) is 11.8 Å². The van der Waals surface area contributed by atoms with Crippen molar-refractivity contribution in [3.05, 3.63) is 29.6 Å². The predicted octanol–water partition coefficient (Wildman–Crippen LogP) is 2.27. The van der Waals surface area contributed by atoms with Gasteiger partial charge in [0, 0.05) is 24.6 Å². The maximum absolute atomic E-state index is 12.0. The molecule has 1 aromatic heterocycles. The van der Waals surface area contributed by atoms with Crippen LogP contribution in [0.15, 0.2) is 18.2 Å².